The number of anilines is 3. The van der Waals surface area contributed by atoms with Gasteiger partial charge < -0.3 is 4.90 Å². The zero-order valence-electron chi connectivity index (χ0n) is 21.3. The molecule has 1 aliphatic rings. The molecule has 184 valence electrons. The van der Waals surface area contributed by atoms with Gasteiger partial charge in [0.15, 0.2) is 6.19 Å². The number of rotatable bonds is 6. The molecule has 39 heavy (non-hydrogen) atoms. The average molecular weight is 501 g/mol. The van der Waals surface area contributed by atoms with Crippen LogP contribution in [0.15, 0.2) is 121 Å². The van der Waals surface area contributed by atoms with Gasteiger partial charge in [0.2, 0.25) is 0 Å². The van der Waals surface area contributed by atoms with Crippen molar-refractivity contribution in [1.29, 1.82) is 10.5 Å². The lowest BCUT2D eigenvalue weighted by Gasteiger charge is -2.22. The molecule has 5 aromatic rings. The molecule has 1 aliphatic carbocycles. The zero-order chi connectivity index (χ0) is 26.8. The van der Waals surface area contributed by atoms with E-state index in [1.165, 1.54) is 0 Å². The van der Waals surface area contributed by atoms with Crippen LogP contribution in [0, 0.1) is 22.8 Å². The van der Waals surface area contributed by atoms with Gasteiger partial charge in [0, 0.05) is 35.1 Å². The Labute approximate surface area is 227 Å². The number of hydrogen-bond acceptors (Lipinski definition) is 4. The highest BCUT2D eigenvalue weighted by Gasteiger charge is 2.18. The molecule has 0 saturated carbocycles. The van der Waals surface area contributed by atoms with E-state index < -0.39 is 0 Å². The van der Waals surface area contributed by atoms with Crippen LogP contribution in [0.1, 0.15) is 17.5 Å². The maximum Gasteiger partial charge on any atom is 0.189 e. The molecule has 5 aromatic carbocycles. The molecular formula is C35H24N4. The molecule has 0 atom stereocenters. The first kappa shape index (κ1) is 23.8. The zero-order valence-corrected chi connectivity index (χ0v) is 21.3. The van der Waals surface area contributed by atoms with E-state index in [1.54, 1.807) is 4.90 Å². The van der Waals surface area contributed by atoms with Gasteiger partial charge in [0.25, 0.3) is 0 Å². The first-order chi connectivity index (χ1) is 19.2. The van der Waals surface area contributed by atoms with E-state index in [0.717, 1.165) is 61.5 Å². The molecule has 0 bridgehead atoms. The fourth-order valence-corrected chi connectivity index (χ4v) is 5.20. The Morgan fingerprint density at radius 2 is 1.56 bits per heavy atom. The smallest absolute Gasteiger partial charge is 0.189 e. The Hall–Kier alpha value is -5.58. The van der Waals surface area contributed by atoms with Crippen LogP contribution < -0.4 is 15.0 Å². The predicted octanol–water partition coefficient (Wildman–Crippen LogP) is 7.93. The molecule has 0 saturated heterocycles. The van der Waals surface area contributed by atoms with Crippen LogP contribution in [0.25, 0.3) is 34.2 Å². The van der Waals surface area contributed by atoms with Gasteiger partial charge in [-0.1, -0.05) is 67.3 Å². The minimum absolute atomic E-state index is 0.622. The van der Waals surface area contributed by atoms with Gasteiger partial charge in [-0.05, 0) is 81.6 Å². The van der Waals surface area contributed by atoms with Gasteiger partial charge >= 0.3 is 0 Å². The molecular weight excluding hydrogens is 476 g/mol. The van der Waals surface area contributed by atoms with Gasteiger partial charge in [0.1, 0.15) is 0 Å². The van der Waals surface area contributed by atoms with Crippen molar-refractivity contribution in [2.45, 2.75) is 6.42 Å². The number of hydrogen-bond donors (Lipinski definition) is 0. The fraction of sp³-hybridized carbons (Fsp3) is 0.0286. The second-order valence-electron chi connectivity index (χ2n) is 9.39. The summed E-state index contributed by atoms with van der Waals surface area (Å²) in [5, 5.41) is 24.5. The van der Waals surface area contributed by atoms with Crippen molar-refractivity contribution >= 4 is 51.3 Å². The van der Waals surface area contributed by atoms with E-state index >= 15 is 0 Å². The van der Waals surface area contributed by atoms with Gasteiger partial charge in [0.05, 0.1) is 17.3 Å². The number of nitrogens with zero attached hydrogens (tertiary/aromatic N) is 4. The molecule has 0 spiro atoms. The molecule has 0 N–H and O–H groups in total. The lowest BCUT2D eigenvalue weighted by molar-refractivity contribution is 1.11. The average Bonchev–Trinajstić information content (AvgIpc) is 3.52. The van der Waals surface area contributed by atoms with Crippen molar-refractivity contribution in [1.82, 2.24) is 0 Å². The maximum absolute atomic E-state index is 10.1. The van der Waals surface area contributed by atoms with Crippen LogP contribution in [0.4, 0.5) is 17.1 Å². The van der Waals surface area contributed by atoms with Crippen molar-refractivity contribution in [3.8, 4) is 12.3 Å². The highest BCUT2D eigenvalue weighted by molar-refractivity contribution is 6.17. The number of allylic oxidation sites excluding steroid dienone is 3. The summed E-state index contributed by atoms with van der Waals surface area (Å²) in [5.41, 5.74) is 5.46. The Morgan fingerprint density at radius 3 is 2.28 bits per heavy atom. The number of nitriles is 2. The standard InChI is InChI=1S/C35H24N4/c1-25-11-14-27-16-20-33(39(24-37)30-9-5-6-10-30)32-19-15-28(34(25)35(27)32)21-22-38(29-7-3-2-4-8-29)31-17-12-26(23-36)13-18-31/h2-9,11-22H,1,10H2/b22-21-. The maximum atomic E-state index is 10.1. The minimum Gasteiger partial charge on any atom is -0.317 e. The third kappa shape index (κ3) is 4.31. The van der Waals surface area contributed by atoms with E-state index in [-0.39, 0.29) is 0 Å². The Bertz CT molecular complexity index is 1920. The lowest BCUT2D eigenvalue weighted by atomic mass is 9.94. The van der Waals surface area contributed by atoms with Crippen LogP contribution in [-0.4, -0.2) is 0 Å². The normalized spacial score (nSPS) is 12.5. The van der Waals surface area contributed by atoms with Crippen molar-refractivity contribution in [3.63, 3.8) is 0 Å². The topological polar surface area (TPSA) is 54.1 Å². The van der Waals surface area contributed by atoms with Gasteiger partial charge in [-0.3, -0.25) is 4.90 Å². The van der Waals surface area contributed by atoms with E-state index in [0.29, 0.717) is 5.56 Å². The molecule has 4 nitrogen and oxygen atoms in total. The van der Waals surface area contributed by atoms with Crippen LogP contribution in [0.5, 0.6) is 0 Å². The van der Waals surface area contributed by atoms with Crippen molar-refractivity contribution in [2.75, 3.05) is 9.80 Å². The Kier molecular flexibility index (Phi) is 6.13. The molecule has 6 rings (SSSR count). The van der Waals surface area contributed by atoms with Gasteiger partial charge in [-0.25, -0.2) is 0 Å². The minimum atomic E-state index is 0.622. The quantitative estimate of drug-likeness (QED) is 0.175. The summed E-state index contributed by atoms with van der Waals surface area (Å²) < 4.78 is 0. The largest absolute Gasteiger partial charge is 0.317 e. The summed E-state index contributed by atoms with van der Waals surface area (Å²) in [7, 11) is 0. The monoisotopic (exact) mass is 500 g/mol. The summed E-state index contributed by atoms with van der Waals surface area (Å²) in [6.07, 6.45) is 13.3. The molecule has 0 aromatic heterocycles. The van der Waals surface area contributed by atoms with Crippen molar-refractivity contribution in [2.24, 2.45) is 0 Å². The predicted molar refractivity (Wildman–Crippen MR) is 161 cm³/mol. The Balaban J connectivity index is 1.50. The summed E-state index contributed by atoms with van der Waals surface area (Å²) in [5.74, 6) is 0. The first-order valence-corrected chi connectivity index (χ1v) is 12.7. The third-order valence-corrected chi connectivity index (χ3v) is 7.10. The van der Waals surface area contributed by atoms with Crippen molar-refractivity contribution < 1.29 is 0 Å². The molecule has 0 aliphatic heterocycles. The van der Waals surface area contributed by atoms with E-state index in [4.69, 9.17) is 0 Å². The van der Waals surface area contributed by atoms with Crippen LogP contribution in [0.2, 0.25) is 0 Å². The first-order valence-electron chi connectivity index (χ1n) is 12.7. The summed E-state index contributed by atoms with van der Waals surface area (Å²) >= 11 is 0. The summed E-state index contributed by atoms with van der Waals surface area (Å²) in [6, 6.07) is 32.3. The molecule has 0 amide bonds. The van der Waals surface area contributed by atoms with E-state index in [9.17, 15) is 10.5 Å². The number of para-hydroxylation sites is 1. The van der Waals surface area contributed by atoms with Crippen LogP contribution in [-0.2, 0) is 0 Å². The molecule has 0 fully saturated rings. The van der Waals surface area contributed by atoms with E-state index in [1.807, 2.05) is 60.7 Å². The van der Waals surface area contributed by atoms with Gasteiger partial charge in [-0.2, -0.15) is 10.5 Å². The van der Waals surface area contributed by atoms with E-state index in [2.05, 4.69) is 84.6 Å². The fourth-order valence-electron chi connectivity index (χ4n) is 5.20. The molecule has 0 heterocycles. The molecule has 0 radical (unpaired) electrons. The highest BCUT2D eigenvalue weighted by atomic mass is 15.1. The van der Waals surface area contributed by atoms with Crippen LogP contribution in [0.3, 0.4) is 0 Å². The summed E-state index contributed by atoms with van der Waals surface area (Å²) in [4.78, 5) is 3.83. The number of benzene rings is 5. The van der Waals surface area contributed by atoms with Crippen molar-refractivity contribution in [3.05, 3.63) is 137 Å². The van der Waals surface area contributed by atoms with Gasteiger partial charge in [-0.15, -0.1) is 0 Å². The second-order valence-corrected chi connectivity index (χ2v) is 9.39. The molecule has 4 heteroatoms. The molecule has 0 unspecified atom stereocenters. The SMILES string of the molecule is C=c1ccc2ccc(N(C#N)C3=CC=CC3)c3ccc(/C=C\N(c4ccccc4)c4ccc(C#N)cc4)c1c23. The summed E-state index contributed by atoms with van der Waals surface area (Å²) in [6.45, 7) is 4.37. The second kappa shape index (κ2) is 10.1. The highest BCUT2D eigenvalue weighted by Crippen LogP contribution is 2.37. The lowest BCUT2D eigenvalue weighted by Crippen LogP contribution is -2.15. The van der Waals surface area contributed by atoms with Crippen LogP contribution >= 0.6 is 0 Å². The Morgan fingerprint density at radius 1 is 0.795 bits per heavy atom. The third-order valence-electron chi connectivity index (χ3n) is 7.10.